The molecule has 1 atom stereocenters. The van der Waals surface area contributed by atoms with Gasteiger partial charge >= 0.3 is 0 Å². The second kappa shape index (κ2) is 6.65. The Kier molecular flexibility index (Phi) is 4.89. The summed E-state index contributed by atoms with van der Waals surface area (Å²) in [5.74, 6) is 8.14. The van der Waals surface area contributed by atoms with Crippen molar-refractivity contribution in [3.8, 4) is 11.8 Å². The van der Waals surface area contributed by atoms with Crippen LogP contribution in [-0.4, -0.2) is 24.0 Å². The van der Waals surface area contributed by atoms with Gasteiger partial charge < -0.3 is 11.1 Å². The fourth-order valence-electron chi connectivity index (χ4n) is 1.97. The van der Waals surface area contributed by atoms with Crippen molar-refractivity contribution in [3.05, 3.63) is 29.3 Å². The quantitative estimate of drug-likeness (QED) is 0.811. The summed E-state index contributed by atoms with van der Waals surface area (Å²) >= 11 is 1.84. The molecule has 1 amide bonds. The van der Waals surface area contributed by atoms with E-state index in [0.29, 0.717) is 6.54 Å². The highest BCUT2D eigenvalue weighted by Crippen LogP contribution is 2.25. The minimum absolute atomic E-state index is 0.117. The Morgan fingerprint density at radius 3 is 3.11 bits per heavy atom. The van der Waals surface area contributed by atoms with Crippen LogP contribution in [0.15, 0.2) is 18.2 Å². The zero-order valence-corrected chi connectivity index (χ0v) is 11.8. The SMILES string of the molecule is Cc1ccc(NC(=O)C2CCSC2)cc1C#CCN. The molecular weight excluding hydrogens is 256 g/mol. The standard InChI is InChI=1S/C15H18N2OS/c1-11-4-5-14(9-12(11)3-2-7-16)17-15(18)13-6-8-19-10-13/h4-5,9,13H,6-8,10,16H2,1H3,(H,17,18). The third-order valence-corrected chi connectivity index (χ3v) is 4.29. The van der Waals surface area contributed by atoms with Gasteiger partial charge in [-0.2, -0.15) is 11.8 Å². The molecule has 0 bridgehead atoms. The molecular formula is C15H18N2OS. The highest BCUT2D eigenvalue weighted by Gasteiger charge is 2.23. The number of thioether (sulfide) groups is 1. The summed E-state index contributed by atoms with van der Waals surface area (Å²) in [5, 5.41) is 2.98. The highest BCUT2D eigenvalue weighted by molar-refractivity contribution is 7.99. The molecule has 1 aliphatic rings. The van der Waals surface area contributed by atoms with E-state index in [0.717, 1.165) is 34.7 Å². The molecule has 4 heteroatoms. The lowest BCUT2D eigenvalue weighted by Crippen LogP contribution is -2.22. The number of amides is 1. The molecule has 19 heavy (non-hydrogen) atoms. The normalized spacial score (nSPS) is 17.7. The lowest BCUT2D eigenvalue weighted by Gasteiger charge is -2.10. The smallest absolute Gasteiger partial charge is 0.228 e. The highest BCUT2D eigenvalue weighted by atomic mass is 32.2. The monoisotopic (exact) mass is 274 g/mol. The fourth-order valence-corrected chi connectivity index (χ4v) is 3.19. The van der Waals surface area contributed by atoms with Gasteiger partial charge in [0.2, 0.25) is 5.91 Å². The molecule has 1 fully saturated rings. The summed E-state index contributed by atoms with van der Waals surface area (Å²) in [7, 11) is 0. The molecule has 1 aromatic carbocycles. The number of benzene rings is 1. The van der Waals surface area contributed by atoms with E-state index in [9.17, 15) is 4.79 Å². The van der Waals surface area contributed by atoms with Crippen molar-refractivity contribution in [3.63, 3.8) is 0 Å². The molecule has 0 spiro atoms. The molecule has 3 nitrogen and oxygen atoms in total. The largest absolute Gasteiger partial charge is 0.326 e. The van der Waals surface area contributed by atoms with Crippen molar-refractivity contribution in [2.75, 3.05) is 23.4 Å². The zero-order chi connectivity index (χ0) is 13.7. The van der Waals surface area contributed by atoms with Gasteiger partial charge in [0.15, 0.2) is 0 Å². The Morgan fingerprint density at radius 2 is 2.42 bits per heavy atom. The lowest BCUT2D eigenvalue weighted by atomic mass is 10.1. The van der Waals surface area contributed by atoms with E-state index >= 15 is 0 Å². The van der Waals surface area contributed by atoms with Crippen LogP contribution in [0.3, 0.4) is 0 Å². The van der Waals surface area contributed by atoms with Crippen LogP contribution >= 0.6 is 11.8 Å². The van der Waals surface area contributed by atoms with Gasteiger partial charge in [0.05, 0.1) is 6.54 Å². The van der Waals surface area contributed by atoms with Gasteiger partial charge in [-0.15, -0.1) is 0 Å². The molecule has 2 rings (SSSR count). The van der Waals surface area contributed by atoms with Crippen molar-refractivity contribution in [1.29, 1.82) is 0 Å². The van der Waals surface area contributed by atoms with E-state index in [1.165, 1.54) is 0 Å². The number of hydrogen-bond donors (Lipinski definition) is 2. The van der Waals surface area contributed by atoms with E-state index in [2.05, 4.69) is 17.2 Å². The van der Waals surface area contributed by atoms with Gasteiger partial charge in [-0.25, -0.2) is 0 Å². The fraction of sp³-hybridized carbons (Fsp3) is 0.400. The first kappa shape index (κ1) is 14.0. The number of nitrogens with two attached hydrogens (primary N) is 1. The maximum Gasteiger partial charge on any atom is 0.228 e. The zero-order valence-electron chi connectivity index (χ0n) is 11.0. The lowest BCUT2D eigenvalue weighted by molar-refractivity contribution is -0.119. The topological polar surface area (TPSA) is 55.1 Å². The van der Waals surface area contributed by atoms with Gasteiger partial charge in [0.1, 0.15) is 0 Å². The van der Waals surface area contributed by atoms with Gasteiger partial charge in [0, 0.05) is 22.9 Å². The van der Waals surface area contributed by atoms with Crippen LogP contribution in [0.1, 0.15) is 17.5 Å². The number of carbonyl (C=O) groups excluding carboxylic acids is 1. The van der Waals surface area contributed by atoms with Crippen molar-refractivity contribution in [2.45, 2.75) is 13.3 Å². The number of carbonyl (C=O) groups is 1. The van der Waals surface area contributed by atoms with Crippen LogP contribution in [0.4, 0.5) is 5.69 Å². The van der Waals surface area contributed by atoms with Crippen LogP contribution in [0.2, 0.25) is 0 Å². The number of hydrogen-bond acceptors (Lipinski definition) is 3. The molecule has 100 valence electrons. The minimum Gasteiger partial charge on any atom is -0.326 e. The van der Waals surface area contributed by atoms with Crippen molar-refractivity contribution in [2.24, 2.45) is 11.7 Å². The van der Waals surface area contributed by atoms with E-state index in [-0.39, 0.29) is 11.8 Å². The second-order valence-corrected chi connectivity index (χ2v) is 5.74. The Balaban J connectivity index is 2.10. The Bertz CT molecular complexity index is 525. The summed E-state index contributed by atoms with van der Waals surface area (Å²) in [6, 6.07) is 5.81. The molecule has 0 aromatic heterocycles. The molecule has 3 N–H and O–H groups in total. The van der Waals surface area contributed by atoms with Gasteiger partial charge in [-0.3, -0.25) is 4.79 Å². The average molecular weight is 274 g/mol. The first-order valence-corrected chi connectivity index (χ1v) is 7.54. The van der Waals surface area contributed by atoms with Crippen molar-refractivity contribution < 1.29 is 4.79 Å². The first-order chi connectivity index (χ1) is 9.20. The molecule has 0 aliphatic carbocycles. The van der Waals surface area contributed by atoms with Crippen LogP contribution in [0.25, 0.3) is 0 Å². The Morgan fingerprint density at radius 1 is 1.58 bits per heavy atom. The summed E-state index contributed by atoms with van der Waals surface area (Å²) in [5.41, 5.74) is 8.21. The maximum atomic E-state index is 12.0. The Hall–Kier alpha value is -1.44. The third-order valence-electron chi connectivity index (χ3n) is 3.13. The number of rotatable bonds is 2. The van der Waals surface area contributed by atoms with E-state index < -0.39 is 0 Å². The summed E-state index contributed by atoms with van der Waals surface area (Å²) in [4.78, 5) is 12.0. The summed E-state index contributed by atoms with van der Waals surface area (Å²) in [6.07, 6.45) is 0.974. The molecule has 1 unspecified atom stereocenters. The molecule has 0 saturated carbocycles. The molecule has 0 radical (unpaired) electrons. The van der Waals surface area contributed by atoms with Gasteiger partial charge in [0.25, 0.3) is 0 Å². The van der Waals surface area contributed by atoms with E-state index in [1.54, 1.807) is 0 Å². The first-order valence-electron chi connectivity index (χ1n) is 6.39. The third kappa shape index (κ3) is 3.76. The minimum atomic E-state index is 0.117. The van der Waals surface area contributed by atoms with Crippen LogP contribution in [0.5, 0.6) is 0 Å². The Labute approximate surface area is 118 Å². The van der Waals surface area contributed by atoms with Crippen molar-refractivity contribution >= 4 is 23.4 Å². The van der Waals surface area contributed by atoms with Crippen molar-refractivity contribution in [1.82, 2.24) is 0 Å². The maximum absolute atomic E-state index is 12.0. The molecule has 1 heterocycles. The summed E-state index contributed by atoms with van der Waals surface area (Å²) in [6.45, 7) is 2.34. The second-order valence-electron chi connectivity index (χ2n) is 4.59. The van der Waals surface area contributed by atoms with Gasteiger partial charge in [-0.05, 0) is 36.8 Å². The van der Waals surface area contributed by atoms with Gasteiger partial charge in [-0.1, -0.05) is 17.9 Å². The predicted octanol–water partition coefficient (Wildman–Crippen LogP) is 2.00. The number of anilines is 1. The molecule has 1 saturated heterocycles. The average Bonchev–Trinajstić information content (AvgIpc) is 2.93. The van der Waals surface area contributed by atoms with Crippen LogP contribution in [0, 0.1) is 24.7 Å². The number of aryl methyl sites for hydroxylation is 1. The summed E-state index contributed by atoms with van der Waals surface area (Å²) < 4.78 is 0. The van der Waals surface area contributed by atoms with Crippen LogP contribution < -0.4 is 11.1 Å². The van der Waals surface area contributed by atoms with E-state index in [4.69, 9.17) is 5.73 Å². The van der Waals surface area contributed by atoms with E-state index in [1.807, 2.05) is 36.9 Å². The molecule has 1 aromatic rings. The molecule has 1 aliphatic heterocycles. The predicted molar refractivity (Wildman–Crippen MR) is 81.2 cm³/mol. The van der Waals surface area contributed by atoms with Crippen LogP contribution in [-0.2, 0) is 4.79 Å². The number of nitrogens with one attached hydrogen (secondary N) is 1.